The van der Waals surface area contributed by atoms with Crippen molar-refractivity contribution in [2.45, 2.75) is 0 Å². The van der Waals surface area contributed by atoms with E-state index in [1.165, 1.54) is 13.2 Å². The Hall–Kier alpha value is 0.410. The second-order valence-corrected chi connectivity index (χ2v) is 6.16. The van der Waals surface area contributed by atoms with Crippen LogP contribution in [0.5, 0.6) is 5.75 Å². The molecule has 0 aliphatic carbocycles. The van der Waals surface area contributed by atoms with E-state index in [0.717, 1.165) is 3.57 Å². The van der Waals surface area contributed by atoms with E-state index in [0.29, 0.717) is 5.75 Å². The molecule has 11 heavy (non-hydrogen) atoms. The van der Waals surface area contributed by atoms with Crippen molar-refractivity contribution in [1.29, 1.82) is 0 Å². The molecule has 0 fully saturated rings. The molecule has 0 saturated heterocycles. The Kier molecular flexibility index (Phi) is 3.83. The number of halogens is 3. The zero-order valence-corrected chi connectivity index (χ0v) is 10.1. The number of ether oxygens (including phenoxy) is 1. The molecule has 0 aromatic heterocycles. The normalized spacial score (nSPS) is 10.1. The average molecular weight is 379 g/mol. The van der Waals surface area contributed by atoms with Gasteiger partial charge >= 0.3 is 85.4 Å². The van der Waals surface area contributed by atoms with Crippen LogP contribution in [0.3, 0.4) is 0 Å². The van der Waals surface area contributed by atoms with Crippen LogP contribution in [0.15, 0.2) is 18.2 Å². The molecule has 0 atom stereocenters. The van der Waals surface area contributed by atoms with Crippen molar-refractivity contribution in [2.75, 3.05) is 7.11 Å². The van der Waals surface area contributed by atoms with E-state index in [1.807, 2.05) is 0 Å². The van der Waals surface area contributed by atoms with Crippen molar-refractivity contribution in [1.82, 2.24) is 0 Å². The fourth-order valence-electron chi connectivity index (χ4n) is 0.662. The Balaban J connectivity index is 2.99. The second kappa shape index (κ2) is 4.44. The maximum atomic E-state index is 13.0. The van der Waals surface area contributed by atoms with Crippen molar-refractivity contribution in [2.24, 2.45) is 0 Å². The van der Waals surface area contributed by atoms with Crippen LogP contribution in [-0.4, -0.2) is 7.11 Å². The van der Waals surface area contributed by atoms with Gasteiger partial charge in [0.15, 0.2) is 0 Å². The topological polar surface area (TPSA) is 9.23 Å². The van der Waals surface area contributed by atoms with Gasteiger partial charge in [-0.1, -0.05) is 0 Å². The standard InChI is InChI=1S/C7H6FI2O/c1-11-5-2-3-7(10-9)6(8)4-5/h2-4H,1H3/q-1. The molecule has 1 nitrogen and oxygen atoms in total. The molecule has 0 spiro atoms. The second-order valence-electron chi connectivity index (χ2n) is 1.85. The Bertz CT molecular complexity index is 252. The van der Waals surface area contributed by atoms with Gasteiger partial charge in [0.25, 0.3) is 0 Å². The van der Waals surface area contributed by atoms with Crippen LogP contribution in [0.4, 0.5) is 4.39 Å². The van der Waals surface area contributed by atoms with Crippen molar-refractivity contribution in [3.8, 4) is 5.75 Å². The Morgan fingerprint density at radius 1 is 1.55 bits per heavy atom. The Morgan fingerprint density at radius 3 is 2.73 bits per heavy atom. The van der Waals surface area contributed by atoms with Gasteiger partial charge in [-0.2, -0.15) is 0 Å². The van der Waals surface area contributed by atoms with E-state index in [-0.39, 0.29) is 23.0 Å². The minimum absolute atomic E-state index is 0.147. The fourth-order valence-corrected chi connectivity index (χ4v) is 3.55. The molecule has 1 aromatic carbocycles. The van der Waals surface area contributed by atoms with Gasteiger partial charge in [-0.3, -0.25) is 0 Å². The summed E-state index contributed by atoms with van der Waals surface area (Å²) in [5.41, 5.74) is 0. The van der Waals surface area contributed by atoms with E-state index < -0.39 is 0 Å². The van der Waals surface area contributed by atoms with Crippen LogP contribution < -0.4 is 22.0 Å². The van der Waals surface area contributed by atoms with Crippen LogP contribution >= 0.6 is 18.6 Å². The van der Waals surface area contributed by atoms with Gasteiger partial charge in [0.2, 0.25) is 0 Å². The zero-order chi connectivity index (χ0) is 8.27. The summed E-state index contributed by atoms with van der Waals surface area (Å²) in [5.74, 6) is 0.437. The summed E-state index contributed by atoms with van der Waals surface area (Å²) in [6, 6.07) is 5.00. The molecular weight excluding hydrogens is 373 g/mol. The van der Waals surface area contributed by atoms with Gasteiger partial charge in [0, 0.05) is 0 Å². The van der Waals surface area contributed by atoms with Crippen LogP contribution in [0.25, 0.3) is 0 Å². The number of hydrogen-bond acceptors (Lipinski definition) is 1. The average Bonchev–Trinajstić information content (AvgIpc) is 2.04. The monoisotopic (exact) mass is 379 g/mol. The first-order valence-electron chi connectivity index (χ1n) is 2.87. The Morgan fingerprint density at radius 2 is 2.27 bits per heavy atom. The van der Waals surface area contributed by atoms with Crippen molar-refractivity contribution >= 4 is 18.6 Å². The van der Waals surface area contributed by atoms with Crippen molar-refractivity contribution in [3.05, 3.63) is 27.6 Å². The fraction of sp³-hybridized carbons (Fsp3) is 0.143. The molecular formula is C7H6FI2O-. The van der Waals surface area contributed by atoms with Gasteiger partial charge in [-0.25, -0.2) is 0 Å². The third kappa shape index (κ3) is 2.43. The molecule has 0 N–H and O–H groups in total. The molecule has 0 unspecified atom stereocenters. The third-order valence-corrected chi connectivity index (χ3v) is 5.46. The molecule has 0 amide bonds. The number of hydrogen-bond donors (Lipinski definition) is 0. The van der Waals surface area contributed by atoms with Gasteiger partial charge in [0.05, 0.1) is 0 Å². The number of methoxy groups -OCH3 is 1. The molecule has 0 aliphatic heterocycles. The van der Waals surface area contributed by atoms with Gasteiger partial charge in [-0.05, 0) is 0 Å². The minimum atomic E-state index is -0.191. The van der Waals surface area contributed by atoms with Crippen LogP contribution in [0.2, 0.25) is 0 Å². The summed E-state index contributed by atoms with van der Waals surface area (Å²) in [5, 5.41) is 0. The van der Waals surface area contributed by atoms with E-state index in [2.05, 4.69) is 18.6 Å². The summed E-state index contributed by atoms with van der Waals surface area (Å²) < 4.78 is 18.7. The summed E-state index contributed by atoms with van der Waals surface area (Å²) in [6.07, 6.45) is 0. The number of benzene rings is 1. The summed E-state index contributed by atoms with van der Waals surface area (Å²) >= 11 is 2.04. The summed E-state index contributed by atoms with van der Waals surface area (Å²) in [6.45, 7) is 0. The third-order valence-electron chi connectivity index (χ3n) is 1.20. The van der Waals surface area contributed by atoms with Crippen LogP contribution in [-0.2, 0) is 0 Å². The van der Waals surface area contributed by atoms with Crippen LogP contribution in [0, 0.1) is 9.39 Å². The molecule has 0 radical (unpaired) electrons. The quantitative estimate of drug-likeness (QED) is 0.627. The first-order valence-corrected chi connectivity index (χ1v) is 10.2. The van der Waals surface area contributed by atoms with Gasteiger partial charge < -0.3 is 0 Å². The van der Waals surface area contributed by atoms with E-state index in [9.17, 15) is 4.39 Å². The molecule has 62 valence electrons. The molecule has 1 rings (SSSR count). The first-order chi connectivity index (χ1) is 5.27. The molecule has 0 saturated carbocycles. The molecule has 0 heterocycles. The van der Waals surface area contributed by atoms with Crippen molar-refractivity contribution < 1.29 is 26.4 Å². The van der Waals surface area contributed by atoms with Gasteiger partial charge in [-0.15, -0.1) is 0 Å². The molecule has 4 heteroatoms. The molecule has 0 aliphatic rings. The predicted molar refractivity (Wildman–Crippen MR) is 45.7 cm³/mol. The maximum absolute atomic E-state index is 13.0. The summed E-state index contributed by atoms with van der Waals surface area (Å²) in [4.78, 5) is 0. The Labute approximate surface area is 84.8 Å². The SMILES string of the molecule is COc1ccc([I-]I)c(F)c1. The van der Waals surface area contributed by atoms with E-state index in [4.69, 9.17) is 4.74 Å². The summed E-state index contributed by atoms with van der Waals surface area (Å²) in [7, 11) is 1.54. The number of rotatable bonds is 2. The van der Waals surface area contributed by atoms with Crippen LogP contribution in [0.1, 0.15) is 0 Å². The van der Waals surface area contributed by atoms with E-state index >= 15 is 0 Å². The first kappa shape index (κ1) is 9.50. The molecule has 1 aromatic rings. The van der Waals surface area contributed by atoms with Crippen molar-refractivity contribution in [3.63, 3.8) is 0 Å². The zero-order valence-electron chi connectivity index (χ0n) is 5.77. The van der Waals surface area contributed by atoms with E-state index in [1.54, 1.807) is 12.1 Å². The predicted octanol–water partition coefficient (Wildman–Crippen LogP) is -0.557. The molecule has 0 bridgehead atoms. The van der Waals surface area contributed by atoms with Gasteiger partial charge in [0.1, 0.15) is 0 Å².